The number of hydrogen-bond acceptors (Lipinski definition) is 5. The Kier molecular flexibility index (Phi) is 11.6. The Labute approximate surface area is 250 Å². The predicted molar refractivity (Wildman–Crippen MR) is 173 cm³/mol. The van der Waals surface area contributed by atoms with Crippen molar-refractivity contribution >= 4 is 11.0 Å². The zero-order chi connectivity index (χ0) is 29.7. The van der Waals surface area contributed by atoms with E-state index in [9.17, 15) is 5.11 Å². The molecule has 5 aromatic rings. The molecule has 6 nitrogen and oxygen atoms in total. The van der Waals surface area contributed by atoms with Gasteiger partial charge in [0.15, 0.2) is 0 Å². The number of aromatic hydroxyl groups is 1. The van der Waals surface area contributed by atoms with Crippen LogP contribution in [0.3, 0.4) is 0 Å². The highest BCUT2D eigenvalue weighted by Gasteiger charge is 2.19. The molecule has 0 radical (unpaired) electrons. The number of aromatic nitrogens is 2. The van der Waals surface area contributed by atoms with E-state index in [1.807, 2.05) is 48.5 Å². The molecular weight excluding hydrogens is 520 g/mol. The number of ether oxygens (including phenoxy) is 1. The quantitative estimate of drug-likeness (QED) is 0.158. The van der Waals surface area contributed by atoms with E-state index in [0.717, 1.165) is 54.2 Å². The molecule has 4 aromatic carbocycles. The number of benzene rings is 4. The molecule has 0 amide bonds. The van der Waals surface area contributed by atoms with Gasteiger partial charge >= 0.3 is 0 Å². The molecule has 6 heteroatoms. The summed E-state index contributed by atoms with van der Waals surface area (Å²) >= 11 is 0. The number of nitrogens with two attached hydrogens (primary N) is 1. The zero-order valence-electron chi connectivity index (χ0n) is 25.1. The lowest BCUT2D eigenvalue weighted by atomic mass is 10.1. The topological polar surface area (TPSA) is 76.5 Å². The molecule has 5 rings (SSSR count). The highest BCUT2D eigenvalue weighted by molar-refractivity contribution is 5.78. The minimum atomic E-state index is -0.283. The molecule has 220 valence electrons. The molecule has 0 saturated carbocycles. The van der Waals surface area contributed by atoms with Gasteiger partial charge in [-0.3, -0.25) is 0 Å². The fourth-order valence-electron chi connectivity index (χ4n) is 4.96. The van der Waals surface area contributed by atoms with Crippen LogP contribution in [-0.2, 0) is 13.0 Å². The molecule has 0 aliphatic carbocycles. The Bertz CT molecular complexity index is 1480. The van der Waals surface area contributed by atoms with Crippen LogP contribution in [-0.4, -0.2) is 45.8 Å². The zero-order valence-corrected chi connectivity index (χ0v) is 25.1. The van der Waals surface area contributed by atoms with Gasteiger partial charge in [-0.15, -0.1) is 0 Å². The molecule has 1 heterocycles. The molecule has 0 fully saturated rings. The van der Waals surface area contributed by atoms with Gasteiger partial charge in [0.2, 0.25) is 0 Å². The third-order valence-corrected chi connectivity index (χ3v) is 7.38. The van der Waals surface area contributed by atoms with Gasteiger partial charge in [-0.2, -0.15) is 0 Å². The van der Waals surface area contributed by atoms with Crippen molar-refractivity contribution in [2.75, 3.05) is 26.2 Å². The molecule has 0 bridgehead atoms. The molecule has 0 aliphatic rings. The van der Waals surface area contributed by atoms with Crippen molar-refractivity contribution in [3.63, 3.8) is 0 Å². The molecular formula is C36H44N4O2. The van der Waals surface area contributed by atoms with Gasteiger partial charge in [-0.05, 0) is 68.2 Å². The lowest BCUT2D eigenvalue weighted by molar-refractivity contribution is 0.249. The van der Waals surface area contributed by atoms with E-state index in [2.05, 4.69) is 72.7 Å². The Morgan fingerprint density at radius 3 is 2.14 bits per heavy atom. The standard InChI is InChI=1S/C29H36N4O2.C7H8/c1-3-32(4-2)17-8-18-35-25-15-16-27-28(20-25)33(21-23-9-6-5-7-10-23)29(31-27)26(30)19-22-11-13-24(34)14-12-22;1-7-5-3-2-4-6-7/h5-7,9-16,20,26,34H,3-4,8,17-19,21,30H2,1-2H3;2-6H,1H3. The lowest BCUT2D eigenvalue weighted by Gasteiger charge is -2.17. The summed E-state index contributed by atoms with van der Waals surface area (Å²) in [5.41, 5.74) is 12.2. The average Bonchev–Trinajstić information content (AvgIpc) is 3.37. The van der Waals surface area contributed by atoms with Crippen LogP contribution in [0.4, 0.5) is 0 Å². The van der Waals surface area contributed by atoms with Gasteiger partial charge in [-0.25, -0.2) is 4.98 Å². The smallest absolute Gasteiger partial charge is 0.127 e. The monoisotopic (exact) mass is 564 g/mol. The third kappa shape index (κ3) is 8.93. The van der Waals surface area contributed by atoms with E-state index in [1.165, 1.54) is 11.1 Å². The van der Waals surface area contributed by atoms with Crippen LogP contribution in [0, 0.1) is 6.92 Å². The minimum Gasteiger partial charge on any atom is -0.508 e. The predicted octanol–water partition coefficient (Wildman–Crippen LogP) is 7.14. The Morgan fingerprint density at radius 1 is 0.857 bits per heavy atom. The van der Waals surface area contributed by atoms with Gasteiger partial charge in [0, 0.05) is 19.2 Å². The highest BCUT2D eigenvalue weighted by Crippen LogP contribution is 2.27. The SMILES string of the molecule is CCN(CC)CCCOc1ccc2nc(C(N)Cc3ccc(O)cc3)n(Cc3ccccc3)c2c1.Cc1ccccc1. The van der Waals surface area contributed by atoms with Crippen LogP contribution in [0.2, 0.25) is 0 Å². The summed E-state index contributed by atoms with van der Waals surface area (Å²) in [7, 11) is 0. The fourth-order valence-corrected chi connectivity index (χ4v) is 4.96. The van der Waals surface area contributed by atoms with Gasteiger partial charge in [0.05, 0.1) is 23.7 Å². The van der Waals surface area contributed by atoms with E-state index in [1.54, 1.807) is 12.1 Å². The molecule has 1 aromatic heterocycles. The van der Waals surface area contributed by atoms with Crippen LogP contribution in [0.25, 0.3) is 11.0 Å². The molecule has 0 aliphatic heterocycles. The van der Waals surface area contributed by atoms with Crippen molar-refractivity contribution in [2.24, 2.45) is 5.73 Å². The van der Waals surface area contributed by atoms with Crippen molar-refractivity contribution in [1.29, 1.82) is 0 Å². The maximum atomic E-state index is 9.61. The van der Waals surface area contributed by atoms with E-state index in [0.29, 0.717) is 19.6 Å². The van der Waals surface area contributed by atoms with Crippen LogP contribution in [0.1, 0.15) is 48.8 Å². The largest absolute Gasteiger partial charge is 0.508 e. The molecule has 3 N–H and O–H groups in total. The summed E-state index contributed by atoms with van der Waals surface area (Å²) in [5.74, 6) is 1.95. The number of imidazole rings is 1. The normalized spacial score (nSPS) is 11.7. The molecule has 0 spiro atoms. The summed E-state index contributed by atoms with van der Waals surface area (Å²) in [4.78, 5) is 7.34. The highest BCUT2D eigenvalue weighted by atomic mass is 16.5. The first-order valence-electron chi connectivity index (χ1n) is 14.9. The van der Waals surface area contributed by atoms with Crippen LogP contribution < -0.4 is 10.5 Å². The first-order chi connectivity index (χ1) is 20.5. The molecule has 42 heavy (non-hydrogen) atoms. The van der Waals surface area contributed by atoms with E-state index >= 15 is 0 Å². The van der Waals surface area contributed by atoms with Crippen molar-refractivity contribution in [2.45, 2.75) is 46.2 Å². The van der Waals surface area contributed by atoms with Gasteiger partial charge in [-0.1, -0.05) is 92.2 Å². The third-order valence-electron chi connectivity index (χ3n) is 7.38. The van der Waals surface area contributed by atoms with Crippen molar-refractivity contribution in [3.8, 4) is 11.5 Å². The summed E-state index contributed by atoms with van der Waals surface area (Å²) in [6, 6.07) is 33.6. The van der Waals surface area contributed by atoms with E-state index in [4.69, 9.17) is 15.5 Å². The second kappa shape index (κ2) is 15.8. The first-order valence-corrected chi connectivity index (χ1v) is 14.9. The number of rotatable bonds is 12. The molecule has 0 saturated heterocycles. The maximum Gasteiger partial charge on any atom is 0.127 e. The lowest BCUT2D eigenvalue weighted by Crippen LogP contribution is -2.25. The summed E-state index contributed by atoms with van der Waals surface area (Å²) in [5, 5.41) is 9.61. The molecule has 1 unspecified atom stereocenters. The maximum absolute atomic E-state index is 9.61. The first kappa shape index (κ1) is 30.8. The van der Waals surface area contributed by atoms with Crippen molar-refractivity contribution in [1.82, 2.24) is 14.5 Å². The van der Waals surface area contributed by atoms with Gasteiger partial charge in [0.1, 0.15) is 17.3 Å². The van der Waals surface area contributed by atoms with Gasteiger partial charge in [0.25, 0.3) is 0 Å². The number of phenols is 1. The van der Waals surface area contributed by atoms with Crippen LogP contribution in [0.5, 0.6) is 11.5 Å². The van der Waals surface area contributed by atoms with Crippen LogP contribution in [0.15, 0.2) is 103 Å². The number of nitrogens with zero attached hydrogens (tertiary/aromatic N) is 3. The summed E-state index contributed by atoms with van der Waals surface area (Å²) in [6.07, 6.45) is 1.62. The average molecular weight is 565 g/mol. The number of aryl methyl sites for hydroxylation is 1. The molecule has 1 atom stereocenters. The van der Waals surface area contributed by atoms with E-state index < -0.39 is 0 Å². The minimum absolute atomic E-state index is 0.253. The van der Waals surface area contributed by atoms with Gasteiger partial charge < -0.3 is 25.0 Å². The summed E-state index contributed by atoms with van der Waals surface area (Å²) < 4.78 is 8.32. The number of phenolic OH excluding ortho intramolecular Hbond substituents is 1. The second-order valence-electron chi connectivity index (χ2n) is 10.6. The number of fused-ring (bicyclic) bond motifs is 1. The summed E-state index contributed by atoms with van der Waals surface area (Å²) in [6.45, 7) is 11.0. The van der Waals surface area contributed by atoms with Crippen molar-refractivity contribution < 1.29 is 9.84 Å². The Morgan fingerprint density at radius 2 is 1.52 bits per heavy atom. The Balaban J connectivity index is 0.000000507. The number of hydrogen-bond donors (Lipinski definition) is 2. The van der Waals surface area contributed by atoms with Crippen molar-refractivity contribution in [3.05, 3.63) is 126 Å². The second-order valence-corrected chi connectivity index (χ2v) is 10.6. The fraction of sp³-hybridized carbons (Fsp3) is 0.306. The van der Waals surface area contributed by atoms with E-state index in [-0.39, 0.29) is 11.8 Å². The Hall–Kier alpha value is -4.13. The van der Waals surface area contributed by atoms with Crippen LogP contribution >= 0.6 is 0 Å².